The van der Waals surface area contributed by atoms with Crippen LogP contribution in [0.4, 0.5) is 10.5 Å². The summed E-state index contributed by atoms with van der Waals surface area (Å²) in [7, 11) is 0. The molecule has 1 saturated heterocycles. The molecule has 7 nitrogen and oxygen atoms in total. The molecule has 1 aromatic rings. The first kappa shape index (κ1) is 16.3. The Bertz CT molecular complexity index is 701. The SMILES string of the molecule is CC1(C)[C@H](C(=O)O)[C@@H]1C(=O)Nc1ccccc1CN1CCNC1=O. The Balaban J connectivity index is 1.73. The van der Waals surface area contributed by atoms with Gasteiger partial charge in [-0.25, -0.2) is 4.79 Å². The number of hydrogen-bond acceptors (Lipinski definition) is 3. The highest BCUT2D eigenvalue weighted by atomic mass is 16.4. The first-order valence-corrected chi connectivity index (χ1v) is 7.96. The van der Waals surface area contributed by atoms with Crippen molar-refractivity contribution in [3.8, 4) is 0 Å². The fourth-order valence-electron chi connectivity index (χ4n) is 3.45. The molecule has 0 bridgehead atoms. The van der Waals surface area contributed by atoms with Crippen molar-refractivity contribution < 1.29 is 19.5 Å². The Hall–Kier alpha value is -2.57. The lowest BCUT2D eigenvalue weighted by atomic mass is 10.1. The van der Waals surface area contributed by atoms with Crippen molar-refractivity contribution in [2.45, 2.75) is 20.4 Å². The van der Waals surface area contributed by atoms with Crippen molar-refractivity contribution in [2.24, 2.45) is 17.3 Å². The van der Waals surface area contributed by atoms with Crippen LogP contribution in [0.5, 0.6) is 0 Å². The highest BCUT2D eigenvalue weighted by Crippen LogP contribution is 2.58. The maximum absolute atomic E-state index is 12.5. The summed E-state index contributed by atoms with van der Waals surface area (Å²) in [6, 6.07) is 7.15. The molecule has 3 amide bonds. The van der Waals surface area contributed by atoms with Crippen molar-refractivity contribution >= 4 is 23.6 Å². The Morgan fingerprint density at radius 2 is 2.04 bits per heavy atom. The Labute approximate surface area is 140 Å². The number of hydrogen-bond donors (Lipinski definition) is 3. The summed E-state index contributed by atoms with van der Waals surface area (Å²) in [5.74, 6) is -2.43. The Morgan fingerprint density at radius 1 is 1.33 bits per heavy atom. The van der Waals surface area contributed by atoms with Crippen LogP contribution in [0.25, 0.3) is 0 Å². The third kappa shape index (κ3) is 2.81. The van der Waals surface area contributed by atoms with Gasteiger partial charge in [-0.15, -0.1) is 0 Å². The summed E-state index contributed by atoms with van der Waals surface area (Å²) in [5, 5.41) is 14.8. The molecule has 24 heavy (non-hydrogen) atoms. The van der Waals surface area contributed by atoms with Gasteiger partial charge in [0.25, 0.3) is 0 Å². The molecular weight excluding hydrogens is 310 g/mol. The first-order chi connectivity index (χ1) is 11.3. The molecule has 3 rings (SSSR count). The molecule has 128 valence electrons. The van der Waals surface area contributed by atoms with Gasteiger partial charge >= 0.3 is 12.0 Å². The van der Waals surface area contributed by atoms with Crippen LogP contribution in [-0.2, 0) is 16.1 Å². The zero-order valence-electron chi connectivity index (χ0n) is 13.7. The van der Waals surface area contributed by atoms with Gasteiger partial charge in [-0.2, -0.15) is 0 Å². The number of benzene rings is 1. The van der Waals surface area contributed by atoms with Gasteiger partial charge in [-0.1, -0.05) is 32.0 Å². The van der Waals surface area contributed by atoms with E-state index in [0.29, 0.717) is 25.3 Å². The molecule has 1 aliphatic heterocycles. The second kappa shape index (κ2) is 5.81. The lowest BCUT2D eigenvalue weighted by molar-refractivity contribution is -0.140. The number of nitrogens with one attached hydrogen (secondary N) is 2. The van der Waals surface area contributed by atoms with Crippen LogP contribution >= 0.6 is 0 Å². The molecule has 0 unspecified atom stereocenters. The molecule has 1 heterocycles. The van der Waals surface area contributed by atoms with Crippen molar-refractivity contribution in [3.63, 3.8) is 0 Å². The minimum Gasteiger partial charge on any atom is -0.481 e. The normalized spacial score (nSPS) is 24.4. The molecule has 1 saturated carbocycles. The van der Waals surface area contributed by atoms with E-state index in [0.717, 1.165) is 5.56 Å². The summed E-state index contributed by atoms with van der Waals surface area (Å²) in [6.45, 7) is 5.22. The third-order valence-corrected chi connectivity index (χ3v) is 4.96. The van der Waals surface area contributed by atoms with Crippen molar-refractivity contribution in [1.82, 2.24) is 10.2 Å². The molecule has 1 aromatic carbocycles. The summed E-state index contributed by atoms with van der Waals surface area (Å²) in [5.41, 5.74) is 0.905. The van der Waals surface area contributed by atoms with Crippen LogP contribution in [0.2, 0.25) is 0 Å². The van der Waals surface area contributed by atoms with Crippen LogP contribution in [0.15, 0.2) is 24.3 Å². The third-order valence-electron chi connectivity index (χ3n) is 4.96. The molecule has 2 atom stereocenters. The Morgan fingerprint density at radius 3 is 2.62 bits per heavy atom. The van der Waals surface area contributed by atoms with Crippen LogP contribution in [0.3, 0.4) is 0 Å². The summed E-state index contributed by atoms with van der Waals surface area (Å²) in [6.07, 6.45) is 0. The largest absolute Gasteiger partial charge is 0.481 e. The minimum absolute atomic E-state index is 0.120. The van der Waals surface area contributed by atoms with Crippen LogP contribution < -0.4 is 10.6 Å². The molecule has 0 aromatic heterocycles. The van der Waals surface area contributed by atoms with Crippen molar-refractivity contribution in [3.05, 3.63) is 29.8 Å². The zero-order chi connectivity index (χ0) is 17.5. The quantitative estimate of drug-likeness (QED) is 0.761. The predicted octanol–water partition coefficient (Wildman–Crippen LogP) is 1.51. The van der Waals surface area contributed by atoms with E-state index in [2.05, 4.69) is 10.6 Å². The summed E-state index contributed by atoms with van der Waals surface area (Å²) < 4.78 is 0. The van der Waals surface area contributed by atoms with Gasteiger partial charge in [0.2, 0.25) is 5.91 Å². The fraction of sp³-hybridized carbons (Fsp3) is 0.471. The lowest BCUT2D eigenvalue weighted by Crippen LogP contribution is -2.28. The minimum atomic E-state index is -0.942. The number of carbonyl (C=O) groups is 3. The molecule has 0 spiro atoms. The number of urea groups is 1. The zero-order valence-corrected chi connectivity index (χ0v) is 13.7. The number of aliphatic carboxylic acids is 1. The molecule has 3 N–H and O–H groups in total. The maximum Gasteiger partial charge on any atom is 0.317 e. The second-order valence-corrected chi connectivity index (χ2v) is 6.91. The number of nitrogens with zero attached hydrogens (tertiary/aromatic N) is 1. The van der Waals surface area contributed by atoms with Gasteiger partial charge in [-0.3, -0.25) is 9.59 Å². The van der Waals surface area contributed by atoms with Gasteiger partial charge in [0.15, 0.2) is 0 Å². The predicted molar refractivity (Wildman–Crippen MR) is 87.3 cm³/mol. The molecule has 1 aliphatic carbocycles. The van der Waals surface area contributed by atoms with Gasteiger partial charge in [-0.05, 0) is 17.0 Å². The monoisotopic (exact) mass is 331 g/mol. The van der Waals surface area contributed by atoms with E-state index in [1.54, 1.807) is 30.9 Å². The van der Waals surface area contributed by atoms with E-state index < -0.39 is 23.2 Å². The van der Waals surface area contributed by atoms with E-state index in [-0.39, 0.29) is 11.9 Å². The standard InChI is InChI=1S/C17H21N3O4/c1-17(2)12(13(17)15(22)23)14(21)19-11-6-4-3-5-10(11)9-20-8-7-18-16(20)24/h3-6,12-13H,7-9H2,1-2H3,(H,18,24)(H,19,21)(H,22,23)/t12-,13+/m1/s1. The average molecular weight is 331 g/mol. The molecule has 7 heteroatoms. The lowest BCUT2D eigenvalue weighted by Gasteiger charge is -2.17. The van der Waals surface area contributed by atoms with Crippen LogP contribution in [0.1, 0.15) is 19.4 Å². The number of carboxylic acid groups (broad SMARTS) is 1. The van der Waals surface area contributed by atoms with Gasteiger partial charge in [0.1, 0.15) is 0 Å². The number of carboxylic acids is 1. The van der Waals surface area contributed by atoms with Gasteiger partial charge in [0.05, 0.1) is 11.8 Å². The maximum atomic E-state index is 12.5. The number of amides is 3. The van der Waals surface area contributed by atoms with E-state index >= 15 is 0 Å². The first-order valence-electron chi connectivity index (χ1n) is 7.96. The topological polar surface area (TPSA) is 98.7 Å². The van der Waals surface area contributed by atoms with E-state index in [1.807, 2.05) is 12.1 Å². The molecule has 2 aliphatic rings. The molecular formula is C17H21N3O4. The molecule has 2 fully saturated rings. The van der Waals surface area contributed by atoms with E-state index in [4.69, 9.17) is 0 Å². The average Bonchev–Trinajstić information content (AvgIpc) is 2.88. The number of para-hydroxylation sites is 1. The van der Waals surface area contributed by atoms with Crippen LogP contribution in [0, 0.1) is 17.3 Å². The Kier molecular flexibility index (Phi) is 3.95. The fourth-order valence-corrected chi connectivity index (χ4v) is 3.45. The van der Waals surface area contributed by atoms with Gasteiger partial charge in [0, 0.05) is 25.3 Å². The second-order valence-electron chi connectivity index (χ2n) is 6.91. The number of carbonyl (C=O) groups excluding carboxylic acids is 2. The van der Waals surface area contributed by atoms with Gasteiger partial charge < -0.3 is 20.6 Å². The van der Waals surface area contributed by atoms with Crippen molar-refractivity contribution in [1.29, 1.82) is 0 Å². The summed E-state index contributed by atoms with van der Waals surface area (Å²) >= 11 is 0. The summed E-state index contributed by atoms with van der Waals surface area (Å²) in [4.78, 5) is 37.1. The van der Waals surface area contributed by atoms with E-state index in [9.17, 15) is 19.5 Å². The smallest absolute Gasteiger partial charge is 0.317 e. The highest BCUT2D eigenvalue weighted by Gasteiger charge is 2.65. The number of anilines is 1. The van der Waals surface area contributed by atoms with Crippen LogP contribution in [-0.4, -0.2) is 41.0 Å². The molecule has 0 radical (unpaired) electrons. The number of rotatable bonds is 5. The van der Waals surface area contributed by atoms with Crippen molar-refractivity contribution in [2.75, 3.05) is 18.4 Å². The highest BCUT2D eigenvalue weighted by molar-refractivity contribution is 6.00. The van der Waals surface area contributed by atoms with E-state index in [1.165, 1.54) is 0 Å².